The summed E-state index contributed by atoms with van der Waals surface area (Å²) in [7, 11) is 0. The van der Waals surface area contributed by atoms with E-state index in [9.17, 15) is 14.4 Å². The molecule has 2 fully saturated rings. The number of hydrogen-bond acceptors (Lipinski definition) is 6. The van der Waals surface area contributed by atoms with Gasteiger partial charge in [-0.1, -0.05) is 48.5 Å². The van der Waals surface area contributed by atoms with Crippen molar-refractivity contribution in [2.75, 3.05) is 32.8 Å². The zero-order valence-electron chi connectivity index (χ0n) is 20.4. The van der Waals surface area contributed by atoms with Gasteiger partial charge >= 0.3 is 0 Å². The molecule has 3 amide bonds. The van der Waals surface area contributed by atoms with Crippen LogP contribution < -0.4 is 9.47 Å². The lowest BCUT2D eigenvalue weighted by molar-refractivity contribution is -0.134. The fourth-order valence-corrected chi connectivity index (χ4v) is 5.32. The molecular formula is C29H28N2O5S. The number of imide groups is 1. The molecule has 37 heavy (non-hydrogen) atoms. The maximum atomic E-state index is 12.9. The predicted octanol–water partition coefficient (Wildman–Crippen LogP) is 5.35. The first kappa shape index (κ1) is 24.9. The molecule has 2 aliphatic rings. The van der Waals surface area contributed by atoms with Crippen molar-refractivity contribution in [3.63, 3.8) is 0 Å². The van der Waals surface area contributed by atoms with Crippen molar-refractivity contribution in [1.82, 2.24) is 9.80 Å². The second-order valence-corrected chi connectivity index (χ2v) is 9.95. The number of likely N-dealkylation sites (tertiary alicyclic amines) is 1. The van der Waals surface area contributed by atoms with Crippen LogP contribution in [-0.4, -0.2) is 59.7 Å². The van der Waals surface area contributed by atoms with Crippen LogP contribution in [0.5, 0.6) is 11.5 Å². The summed E-state index contributed by atoms with van der Waals surface area (Å²) in [6.45, 7) is 1.99. The average Bonchev–Trinajstić information content (AvgIpc) is 3.20. The lowest BCUT2D eigenvalue weighted by Crippen LogP contribution is -2.38. The first-order chi connectivity index (χ1) is 18.1. The van der Waals surface area contributed by atoms with E-state index in [1.807, 2.05) is 47.4 Å². The molecule has 0 N–H and O–H groups in total. The third-order valence-electron chi connectivity index (χ3n) is 6.44. The molecular weight excluding hydrogens is 488 g/mol. The Morgan fingerprint density at radius 3 is 2.46 bits per heavy atom. The van der Waals surface area contributed by atoms with Crippen LogP contribution in [0.15, 0.2) is 71.6 Å². The van der Waals surface area contributed by atoms with Crippen LogP contribution in [0.3, 0.4) is 0 Å². The Morgan fingerprint density at radius 1 is 0.892 bits per heavy atom. The van der Waals surface area contributed by atoms with Crippen molar-refractivity contribution in [2.45, 2.75) is 19.3 Å². The number of carbonyl (C=O) groups excluding carboxylic acids is 3. The summed E-state index contributed by atoms with van der Waals surface area (Å²) in [5.41, 5.74) is 0.771. The smallest absolute Gasteiger partial charge is 0.293 e. The lowest BCUT2D eigenvalue weighted by Gasteiger charge is -2.26. The number of ether oxygens (including phenoxy) is 2. The number of benzene rings is 3. The molecule has 2 aliphatic heterocycles. The van der Waals surface area contributed by atoms with Gasteiger partial charge in [0.1, 0.15) is 18.1 Å². The van der Waals surface area contributed by atoms with Gasteiger partial charge in [-0.2, -0.15) is 0 Å². The van der Waals surface area contributed by atoms with Crippen molar-refractivity contribution in [1.29, 1.82) is 0 Å². The van der Waals surface area contributed by atoms with Crippen molar-refractivity contribution in [3.8, 4) is 11.5 Å². The number of hydrogen-bond donors (Lipinski definition) is 0. The van der Waals surface area contributed by atoms with Crippen LogP contribution in [0.4, 0.5) is 4.79 Å². The van der Waals surface area contributed by atoms with E-state index in [1.165, 1.54) is 11.3 Å². The number of thioether (sulfide) groups is 1. The van der Waals surface area contributed by atoms with Crippen molar-refractivity contribution < 1.29 is 23.9 Å². The van der Waals surface area contributed by atoms with Crippen molar-refractivity contribution in [2.24, 2.45) is 0 Å². The third-order valence-corrected chi connectivity index (χ3v) is 7.35. The molecule has 0 spiro atoms. The molecule has 5 rings (SSSR count). The van der Waals surface area contributed by atoms with Gasteiger partial charge < -0.3 is 14.4 Å². The van der Waals surface area contributed by atoms with Crippen molar-refractivity contribution >= 4 is 45.7 Å². The number of nitrogens with zero attached hydrogens (tertiary/aromatic N) is 2. The van der Waals surface area contributed by atoms with Crippen LogP contribution in [0.1, 0.15) is 24.8 Å². The summed E-state index contributed by atoms with van der Waals surface area (Å²) in [5, 5.41) is 1.75. The van der Waals surface area contributed by atoms with Gasteiger partial charge in [-0.3, -0.25) is 19.3 Å². The van der Waals surface area contributed by atoms with Gasteiger partial charge in [0.05, 0.1) is 11.4 Å². The maximum absolute atomic E-state index is 12.9. The standard InChI is InChI=1S/C29H28N2O5S/c32-27(30-15-4-1-5-16-30)20-36-23-13-11-21(12-14-23)19-26-28(33)31(29(34)37-26)17-18-35-25-10-6-8-22-7-2-3-9-24(22)25/h2-3,6-14,19H,1,4-5,15-18,20H2/b26-19-. The molecule has 0 aromatic heterocycles. The largest absolute Gasteiger partial charge is 0.491 e. The zero-order chi connectivity index (χ0) is 25.6. The minimum atomic E-state index is -0.330. The summed E-state index contributed by atoms with van der Waals surface area (Å²) in [4.78, 5) is 41.1. The highest BCUT2D eigenvalue weighted by Gasteiger charge is 2.34. The molecule has 190 valence electrons. The van der Waals surface area contributed by atoms with E-state index < -0.39 is 0 Å². The Balaban J connectivity index is 1.14. The van der Waals surface area contributed by atoms with Gasteiger partial charge in [0.25, 0.3) is 17.1 Å². The number of piperidine rings is 1. The van der Waals surface area contributed by atoms with Gasteiger partial charge in [-0.15, -0.1) is 0 Å². The molecule has 0 aliphatic carbocycles. The fourth-order valence-electron chi connectivity index (χ4n) is 4.45. The molecule has 8 heteroatoms. The second kappa shape index (κ2) is 11.5. The summed E-state index contributed by atoms with van der Waals surface area (Å²) in [5.74, 6) is 0.979. The Bertz CT molecular complexity index is 1330. The molecule has 0 saturated carbocycles. The first-order valence-electron chi connectivity index (χ1n) is 12.4. The Hall–Kier alpha value is -3.78. The van der Waals surface area contributed by atoms with Gasteiger partial charge in [0.15, 0.2) is 6.61 Å². The van der Waals surface area contributed by atoms with E-state index in [1.54, 1.807) is 30.3 Å². The minimum absolute atomic E-state index is 0.00174. The van der Waals surface area contributed by atoms with Crippen LogP contribution in [0.25, 0.3) is 16.8 Å². The highest BCUT2D eigenvalue weighted by atomic mass is 32.2. The highest BCUT2D eigenvalue weighted by Crippen LogP contribution is 2.32. The summed E-state index contributed by atoms with van der Waals surface area (Å²) in [6.07, 6.45) is 4.95. The van der Waals surface area contributed by atoms with Crippen LogP contribution in [0.2, 0.25) is 0 Å². The Morgan fingerprint density at radius 2 is 1.65 bits per heavy atom. The third kappa shape index (κ3) is 5.97. The lowest BCUT2D eigenvalue weighted by atomic mass is 10.1. The number of rotatable bonds is 8. The number of fused-ring (bicyclic) bond motifs is 1. The molecule has 0 unspecified atom stereocenters. The normalized spacial score (nSPS) is 17.0. The van der Waals surface area contributed by atoms with E-state index in [0.717, 1.165) is 59.8 Å². The van der Waals surface area contributed by atoms with E-state index in [4.69, 9.17) is 9.47 Å². The quantitative estimate of drug-likeness (QED) is 0.376. The Labute approximate surface area is 220 Å². The average molecular weight is 517 g/mol. The van der Waals surface area contributed by atoms with Gasteiger partial charge in [-0.25, -0.2) is 0 Å². The van der Waals surface area contributed by atoms with E-state index in [2.05, 4.69) is 0 Å². The SMILES string of the molecule is O=C(COc1ccc(/C=C2\SC(=O)N(CCOc3cccc4ccccc34)C2=O)cc1)N1CCCCC1. The van der Waals surface area contributed by atoms with Crippen LogP contribution >= 0.6 is 11.8 Å². The van der Waals surface area contributed by atoms with Gasteiger partial charge in [-0.05, 0) is 66.2 Å². The van der Waals surface area contributed by atoms with Crippen LogP contribution in [-0.2, 0) is 9.59 Å². The zero-order valence-corrected chi connectivity index (χ0v) is 21.2. The summed E-state index contributed by atoms with van der Waals surface area (Å²) < 4.78 is 11.6. The van der Waals surface area contributed by atoms with Crippen LogP contribution in [0, 0.1) is 0 Å². The van der Waals surface area contributed by atoms with E-state index >= 15 is 0 Å². The predicted molar refractivity (Wildman–Crippen MR) is 144 cm³/mol. The topological polar surface area (TPSA) is 76.1 Å². The van der Waals surface area contributed by atoms with Crippen molar-refractivity contribution in [3.05, 3.63) is 77.2 Å². The minimum Gasteiger partial charge on any atom is -0.491 e. The van der Waals surface area contributed by atoms with Gasteiger partial charge in [0, 0.05) is 18.5 Å². The molecule has 3 aromatic carbocycles. The first-order valence-corrected chi connectivity index (χ1v) is 13.3. The number of amides is 3. The van der Waals surface area contributed by atoms with E-state index in [-0.39, 0.29) is 36.8 Å². The fraction of sp³-hybridized carbons (Fsp3) is 0.276. The maximum Gasteiger partial charge on any atom is 0.293 e. The molecule has 0 bridgehead atoms. The molecule has 3 aromatic rings. The molecule has 2 saturated heterocycles. The summed E-state index contributed by atoms with van der Waals surface area (Å²) in [6, 6.07) is 20.9. The number of carbonyl (C=O) groups is 3. The van der Waals surface area contributed by atoms with Gasteiger partial charge in [0.2, 0.25) is 0 Å². The summed E-state index contributed by atoms with van der Waals surface area (Å²) >= 11 is 0.921. The highest BCUT2D eigenvalue weighted by molar-refractivity contribution is 8.18. The second-order valence-electron chi connectivity index (χ2n) is 8.96. The molecule has 0 radical (unpaired) electrons. The monoisotopic (exact) mass is 516 g/mol. The molecule has 0 atom stereocenters. The molecule has 7 nitrogen and oxygen atoms in total. The Kier molecular flexibility index (Phi) is 7.75. The molecule has 2 heterocycles. The van der Waals surface area contributed by atoms with E-state index in [0.29, 0.717) is 10.7 Å².